The lowest BCUT2D eigenvalue weighted by Gasteiger charge is -2.11. The largest absolute Gasteiger partial charge is 0.488 e. The first-order valence-corrected chi connectivity index (χ1v) is 6.05. The predicted octanol–water partition coefficient (Wildman–Crippen LogP) is 2.52. The molecule has 0 radical (unpaired) electrons. The van der Waals surface area contributed by atoms with Crippen LogP contribution in [0, 0.1) is 0 Å². The molecular weight excluding hydrogens is 264 g/mol. The van der Waals surface area contributed by atoms with Gasteiger partial charge in [0.2, 0.25) is 0 Å². The van der Waals surface area contributed by atoms with Crippen molar-refractivity contribution in [2.75, 3.05) is 0 Å². The fourth-order valence-corrected chi connectivity index (χ4v) is 1.78. The van der Waals surface area contributed by atoms with Gasteiger partial charge in [-0.25, -0.2) is 5.84 Å². The third-order valence-electron chi connectivity index (χ3n) is 2.56. The summed E-state index contributed by atoms with van der Waals surface area (Å²) in [6, 6.07) is 14.4. The number of hydrogen-bond acceptors (Lipinski definition) is 3. The molecule has 0 heterocycles. The van der Waals surface area contributed by atoms with Gasteiger partial charge in [0.1, 0.15) is 12.4 Å². The van der Waals surface area contributed by atoms with Gasteiger partial charge < -0.3 is 4.74 Å². The summed E-state index contributed by atoms with van der Waals surface area (Å²) in [5, 5.41) is 0.497. The van der Waals surface area contributed by atoms with Gasteiger partial charge >= 0.3 is 0 Å². The fourth-order valence-electron chi connectivity index (χ4n) is 1.62. The van der Waals surface area contributed by atoms with E-state index in [4.69, 9.17) is 22.2 Å². The third kappa shape index (κ3) is 3.47. The maximum Gasteiger partial charge on any atom is 0.268 e. The van der Waals surface area contributed by atoms with E-state index in [9.17, 15) is 4.79 Å². The number of carbonyl (C=O) groups excluding carboxylic acids is 1. The Hall–Kier alpha value is -2.04. The minimum Gasteiger partial charge on any atom is -0.488 e. The van der Waals surface area contributed by atoms with E-state index in [1.165, 1.54) is 0 Å². The number of nitrogen functional groups attached to an aromatic ring is 1. The van der Waals surface area contributed by atoms with E-state index in [1.54, 1.807) is 18.2 Å². The van der Waals surface area contributed by atoms with Crippen molar-refractivity contribution in [3.8, 4) is 5.75 Å². The lowest BCUT2D eigenvalue weighted by Crippen LogP contribution is -2.30. The van der Waals surface area contributed by atoms with Crippen LogP contribution in [0.3, 0.4) is 0 Å². The first-order chi connectivity index (χ1) is 9.20. The summed E-state index contributed by atoms with van der Waals surface area (Å²) in [5.74, 6) is 5.12. The van der Waals surface area contributed by atoms with E-state index < -0.39 is 5.91 Å². The average molecular weight is 277 g/mol. The van der Waals surface area contributed by atoms with Crippen LogP contribution in [0.25, 0.3) is 0 Å². The van der Waals surface area contributed by atoms with Crippen molar-refractivity contribution in [1.82, 2.24) is 5.43 Å². The zero-order valence-electron chi connectivity index (χ0n) is 10.1. The van der Waals surface area contributed by atoms with Crippen LogP contribution in [0.5, 0.6) is 5.75 Å². The number of ether oxygens (including phenoxy) is 1. The monoisotopic (exact) mass is 276 g/mol. The molecule has 3 N–H and O–H groups in total. The normalized spacial score (nSPS) is 10.0. The Morgan fingerprint density at radius 2 is 1.95 bits per heavy atom. The van der Waals surface area contributed by atoms with Gasteiger partial charge in [0.05, 0.1) is 5.56 Å². The van der Waals surface area contributed by atoms with E-state index >= 15 is 0 Å². The Bertz CT molecular complexity index is 573. The maximum absolute atomic E-state index is 11.6. The number of rotatable bonds is 4. The summed E-state index contributed by atoms with van der Waals surface area (Å²) < 4.78 is 5.63. The maximum atomic E-state index is 11.6. The zero-order valence-corrected chi connectivity index (χ0v) is 10.9. The van der Waals surface area contributed by atoms with Crippen molar-refractivity contribution < 1.29 is 9.53 Å². The van der Waals surface area contributed by atoms with Crippen molar-refractivity contribution in [3.05, 3.63) is 64.7 Å². The number of nitrogens with one attached hydrogen (secondary N) is 1. The predicted molar refractivity (Wildman–Crippen MR) is 73.9 cm³/mol. The van der Waals surface area contributed by atoms with Crippen LogP contribution in [0.4, 0.5) is 0 Å². The van der Waals surface area contributed by atoms with E-state index in [-0.39, 0.29) is 0 Å². The summed E-state index contributed by atoms with van der Waals surface area (Å²) in [6.45, 7) is 0.353. The van der Waals surface area contributed by atoms with Crippen molar-refractivity contribution in [3.63, 3.8) is 0 Å². The average Bonchev–Trinajstić information content (AvgIpc) is 2.45. The van der Waals surface area contributed by atoms with Crippen molar-refractivity contribution in [1.29, 1.82) is 0 Å². The minimum atomic E-state index is -0.417. The molecule has 0 unspecified atom stereocenters. The van der Waals surface area contributed by atoms with E-state index in [0.29, 0.717) is 22.9 Å². The third-order valence-corrected chi connectivity index (χ3v) is 2.79. The number of carbonyl (C=O) groups is 1. The van der Waals surface area contributed by atoms with Crippen LogP contribution in [0.15, 0.2) is 48.5 Å². The molecule has 98 valence electrons. The first-order valence-electron chi connectivity index (χ1n) is 5.68. The molecule has 2 aromatic rings. The van der Waals surface area contributed by atoms with Crippen LogP contribution in [0.2, 0.25) is 5.02 Å². The molecule has 19 heavy (non-hydrogen) atoms. The van der Waals surface area contributed by atoms with Crippen LogP contribution < -0.4 is 16.0 Å². The molecule has 0 aliphatic carbocycles. The lowest BCUT2D eigenvalue weighted by atomic mass is 10.2. The number of benzene rings is 2. The van der Waals surface area contributed by atoms with Crippen LogP contribution >= 0.6 is 11.6 Å². The number of amides is 1. The molecule has 0 aliphatic rings. The number of hydrogen-bond donors (Lipinski definition) is 2. The Labute approximate surface area is 116 Å². The highest BCUT2D eigenvalue weighted by Gasteiger charge is 2.12. The SMILES string of the molecule is NNC(=O)c1ccc(Cl)cc1OCc1ccccc1. The molecule has 0 aliphatic heterocycles. The second kappa shape index (κ2) is 6.22. The Balaban J connectivity index is 2.19. The molecule has 0 aromatic heterocycles. The molecule has 4 nitrogen and oxygen atoms in total. The lowest BCUT2D eigenvalue weighted by molar-refractivity contribution is 0.0949. The molecule has 0 fully saturated rings. The molecule has 0 saturated carbocycles. The standard InChI is InChI=1S/C14H13ClN2O2/c15-11-6-7-12(14(18)17-16)13(8-11)19-9-10-4-2-1-3-5-10/h1-8H,9,16H2,(H,17,18). The Morgan fingerprint density at radius 3 is 2.63 bits per heavy atom. The topological polar surface area (TPSA) is 64.3 Å². The van der Waals surface area contributed by atoms with Gasteiger partial charge in [-0.05, 0) is 23.8 Å². The van der Waals surface area contributed by atoms with Gasteiger partial charge in [0.25, 0.3) is 5.91 Å². The van der Waals surface area contributed by atoms with Crippen LogP contribution in [0.1, 0.15) is 15.9 Å². The molecule has 5 heteroatoms. The second-order valence-corrected chi connectivity index (χ2v) is 4.32. The van der Waals surface area contributed by atoms with Crippen LogP contribution in [-0.2, 0) is 6.61 Å². The highest BCUT2D eigenvalue weighted by atomic mass is 35.5. The molecule has 0 bridgehead atoms. The smallest absolute Gasteiger partial charge is 0.268 e. The molecular formula is C14H13ClN2O2. The van der Waals surface area contributed by atoms with Gasteiger partial charge in [-0.3, -0.25) is 10.2 Å². The Kier molecular flexibility index (Phi) is 4.39. The highest BCUT2D eigenvalue weighted by molar-refractivity contribution is 6.30. The summed E-state index contributed by atoms with van der Waals surface area (Å²) in [5.41, 5.74) is 3.43. The minimum absolute atomic E-state index is 0.350. The molecule has 2 rings (SSSR count). The number of hydrazine groups is 1. The van der Waals surface area contributed by atoms with Crippen molar-refractivity contribution in [2.45, 2.75) is 6.61 Å². The number of halogens is 1. The first kappa shape index (κ1) is 13.4. The second-order valence-electron chi connectivity index (χ2n) is 3.89. The molecule has 2 aromatic carbocycles. The summed E-state index contributed by atoms with van der Waals surface area (Å²) in [7, 11) is 0. The molecule has 0 spiro atoms. The fraction of sp³-hybridized carbons (Fsp3) is 0.0714. The quantitative estimate of drug-likeness (QED) is 0.512. The summed E-state index contributed by atoms with van der Waals surface area (Å²) in [6.07, 6.45) is 0. The molecule has 1 amide bonds. The van der Waals surface area contributed by atoms with Crippen molar-refractivity contribution >= 4 is 17.5 Å². The van der Waals surface area contributed by atoms with E-state index in [1.807, 2.05) is 30.3 Å². The van der Waals surface area contributed by atoms with Gasteiger partial charge in [-0.1, -0.05) is 41.9 Å². The van der Waals surface area contributed by atoms with Gasteiger partial charge in [-0.15, -0.1) is 0 Å². The number of nitrogens with two attached hydrogens (primary N) is 1. The van der Waals surface area contributed by atoms with Crippen molar-refractivity contribution in [2.24, 2.45) is 5.84 Å². The molecule has 0 atom stereocenters. The summed E-state index contributed by atoms with van der Waals surface area (Å²) in [4.78, 5) is 11.6. The van der Waals surface area contributed by atoms with E-state index in [2.05, 4.69) is 5.43 Å². The van der Waals surface area contributed by atoms with Gasteiger partial charge in [-0.2, -0.15) is 0 Å². The van der Waals surface area contributed by atoms with E-state index in [0.717, 1.165) is 5.56 Å². The Morgan fingerprint density at radius 1 is 1.21 bits per heavy atom. The van der Waals surface area contributed by atoms with Gasteiger partial charge in [0, 0.05) is 5.02 Å². The van der Waals surface area contributed by atoms with Gasteiger partial charge in [0.15, 0.2) is 0 Å². The summed E-state index contributed by atoms with van der Waals surface area (Å²) >= 11 is 5.90. The zero-order chi connectivity index (χ0) is 13.7. The highest BCUT2D eigenvalue weighted by Crippen LogP contribution is 2.24. The van der Waals surface area contributed by atoms with Crippen LogP contribution in [-0.4, -0.2) is 5.91 Å². The molecule has 0 saturated heterocycles.